The first kappa shape index (κ1) is 21.5. The van der Waals surface area contributed by atoms with E-state index in [1.165, 1.54) is 6.08 Å². The fraction of sp³-hybridized carbons (Fsp3) is 0.273. The number of pyridine rings is 1. The van der Waals surface area contributed by atoms with Crippen molar-refractivity contribution in [2.45, 2.75) is 19.4 Å². The Bertz CT molecular complexity index is 1370. The molecule has 0 saturated carbocycles. The summed E-state index contributed by atoms with van der Waals surface area (Å²) in [6.45, 7) is 1.82. The molecule has 164 valence electrons. The largest absolute Gasteiger partial charge is 0.497 e. The Labute approximate surface area is 185 Å². The second-order valence-corrected chi connectivity index (χ2v) is 9.81. The third-order valence-electron chi connectivity index (χ3n) is 5.33. The van der Waals surface area contributed by atoms with Crippen LogP contribution in [-0.2, 0) is 14.6 Å². The van der Waals surface area contributed by atoms with Gasteiger partial charge in [0.05, 0.1) is 30.4 Å². The zero-order valence-corrected chi connectivity index (χ0v) is 18.4. The molecule has 1 aliphatic heterocycles. The van der Waals surface area contributed by atoms with Crippen LogP contribution in [0.1, 0.15) is 23.7 Å². The number of ether oxygens (including phenoxy) is 1. The lowest BCUT2D eigenvalue weighted by Gasteiger charge is -2.09. The molecule has 3 heterocycles. The predicted octanol–water partition coefficient (Wildman–Crippen LogP) is 2.65. The molecule has 3 aromatic rings. The van der Waals surface area contributed by atoms with Crippen LogP contribution in [0.3, 0.4) is 0 Å². The van der Waals surface area contributed by atoms with E-state index in [1.807, 2.05) is 13.0 Å². The summed E-state index contributed by atoms with van der Waals surface area (Å²) in [6.07, 6.45) is 3.51. The number of aryl methyl sites for hydroxylation is 1. The van der Waals surface area contributed by atoms with Crippen LogP contribution in [0, 0.1) is 18.3 Å². The van der Waals surface area contributed by atoms with E-state index in [9.17, 15) is 18.5 Å². The third kappa shape index (κ3) is 4.33. The number of nitriles is 1. The van der Waals surface area contributed by atoms with E-state index in [0.29, 0.717) is 34.8 Å². The van der Waals surface area contributed by atoms with Crippen LogP contribution in [0.5, 0.6) is 5.75 Å². The Morgan fingerprint density at radius 2 is 2.09 bits per heavy atom. The molecule has 1 aliphatic rings. The molecule has 0 radical (unpaired) electrons. The van der Waals surface area contributed by atoms with Crippen molar-refractivity contribution in [3.8, 4) is 11.8 Å². The predicted molar refractivity (Wildman–Crippen MR) is 120 cm³/mol. The number of carbonyl (C=O) groups is 1. The number of nitrogens with zero attached hydrogens (tertiary/aromatic N) is 4. The minimum atomic E-state index is -3.06. The average molecular weight is 452 g/mol. The van der Waals surface area contributed by atoms with Crippen molar-refractivity contribution >= 4 is 38.5 Å². The van der Waals surface area contributed by atoms with Crippen molar-refractivity contribution in [3.63, 3.8) is 0 Å². The first-order valence-electron chi connectivity index (χ1n) is 9.92. The van der Waals surface area contributed by atoms with Crippen molar-refractivity contribution in [1.82, 2.24) is 14.8 Å². The number of methoxy groups -OCH3 is 1. The lowest BCUT2D eigenvalue weighted by atomic mass is 10.1. The molecule has 0 unspecified atom stereocenters. The molecule has 0 spiro atoms. The Morgan fingerprint density at radius 3 is 2.72 bits per heavy atom. The number of sulfone groups is 1. The average Bonchev–Trinajstić information content (AvgIpc) is 3.31. The van der Waals surface area contributed by atoms with Crippen LogP contribution in [0.15, 0.2) is 42.1 Å². The number of benzene rings is 1. The first-order valence-corrected chi connectivity index (χ1v) is 11.7. The summed E-state index contributed by atoms with van der Waals surface area (Å²) in [7, 11) is -1.50. The molecule has 1 atom stereocenters. The van der Waals surface area contributed by atoms with Crippen molar-refractivity contribution < 1.29 is 17.9 Å². The van der Waals surface area contributed by atoms with Crippen molar-refractivity contribution in [3.05, 3.63) is 53.4 Å². The summed E-state index contributed by atoms with van der Waals surface area (Å²) in [5.74, 6) is 0.315. The Balaban J connectivity index is 1.60. The zero-order valence-electron chi connectivity index (χ0n) is 17.6. The van der Waals surface area contributed by atoms with Crippen LogP contribution < -0.4 is 10.1 Å². The quantitative estimate of drug-likeness (QED) is 0.467. The highest BCUT2D eigenvalue weighted by Crippen LogP contribution is 2.28. The van der Waals surface area contributed by atoms with Gasteiger partial charge in [0.1, 0.15) is 17.4 Å². The maximum Gasteiger partial charge on any atom is 0.266 e. The topological polar surface area (TPSA) is 127 Å². The van der Waals surface area contributed by atoms with Gasteiger partial charge in [0.25, 0.3) is 5.91 Å². The zero-order chi connectivity index (χ0) is 22.9. The molecule has 1 aromatic carbocycles. The van der Waals surface area contributed by atoms with Crippen LogP contribution >= 0.6 is 0 Å². The van der Waals surface area contributed by atoms with E-state index in [0.717, 1.165) is 5.39 Å². The minimum Gasteiger partial charge on any atom is -0.497 e. The normalized spacial score (nSPS) is 17.8. The summed E-state index contributed by atoms with van der Waals surface area (Å²) < 4.78 is 30.5. The number of carbonyl (C=O) groups excluding carboxylic acids is 1. The smallest absolute Gasteiger partial charge is 0.266 e. The van der Waals surface area contributed by atoms with Crippen LogP contribution in [-0.4, -0.2) is 47.7 Å². The maximum absolute atomic E-state index is 12.5. The van der Waals surface area contributed by atoms with Crippen molar-refractivity contribution in [2.75, 3.05) is 23.9 Å². The third-order valence-corrected chi connectivity index (χ3v) is 7.08. The molecule has 32 heavy (non-hydrogen) atoms. The highest BCUT2D eigenvalue weighted by Gasteiger charge is 2.31. The van der Waals surface area contributed by atoms with Gasteiger partial charge in [-0.25, -0.2) is 18.1 Å². The number of hydrogen-bond donors (Lipinski definition) is 1. The van der Waals surface area contributed by atoms with Gasteiger partial charge in [-0.1, -0.05) is 0 Å². The lowest BCUT2D eigenvalue weighted by Crippen LogP contribution is -2.13. The van der Waals surface area contributed by atoms with E-state index >= 15 is 0 Å². The van der Waals surface area contributed by atoms with Crippen LogP contribution in [0.25, 0.3) is 17.1 Å². The number of fused-ring (bicyclic) bond motifs is 1. The van der Waals surface area contributed by atoms with Gasteiger partial charge in [0, 0.05) is 17.3 Å². The number of amides is 1. The number of aromatic nitrogens is 3. The summed E-state index contributed by atoms with van der Waals surface area (Å²) in [5, 5.41) is 17.4. The standard InChI is InChI=1S/C22H21N5O4S/c1-14-20-10-15(12-24-21(20)27(26-14)18-7-8-32(29,30)13-18)9-16(11-23)22(28)25-17-3-5-19(31-2)6-4-17/h3-6,9-10,12,18H,7-8,13H2,1-2H3,(H,25,28)/b16-9-/t18-/m0/s1. The lowest BCUT2D eigenvalue weighted by molar-refractivity contribution is -0.112. The van der Waals surface area contributed by atoms with Gasteiger partial charge in [-0.3, -0.25) is 4.79 Å². The number of rotatable bonds is 5. The Hall–Kier alpha value is -3.71. The minimum absolute atomic E-state index is 0.0522. The van der Waals surface area contributed by atoms with Crippen LogP contribution in [0.4, 0.5) is 5.69 Å². The van der Waals surface area contributed by atoms with Gasteiger partial charge in [0.15, 0.2) is 15.5 Å². The van der Waals surface area contributed by atoms with Gasteiger partial charge in [-0.2, -0.15) is 10.4 Å². The van der Waals surface area contributed by atoms with Gasteiger partial charge < -0.3 is 10.1 Å². The van der Waals surface area contributed by atoms with Crippen molar-refractivity contribution in [1.29, 1.82) is 5.26 Å². The maximum atomic E-state index is 12.5. The molecule has 2 aromatic heterocycles. The van der Waals surface area contributed by atoms with Gasteiger partial charge in [0.2, 0.25) is 0 Å². The fourth-order valence-corrected chi connectivity index (χ4v) is 5.37. The van der Waals surface area contributed by atoms with E-state index in [1.54, 1.807) is 48.3 Å². The molecule has 1 amide bonds. The summed E-state index contributed by atoms with van der Waals surface area (Å²) >= 11 is 0. The molecule has 0 bridgehead atoms. The highest BCUT2D eigenvalue weighted by molar-refractivity contribution is 7.91. The summed E-state index contributed by atoms with van der Waals surface area (Å²) in [5.41, 5.74) is 2.32. The highest BCUT2D eigenvalue weighted by atomic mass is 32.2. The SMILES string of the molecule is COc1ccc(NC(=O)/C(C#N)=C\c2cnc3c(c2)c(C)nn3[C@H]2CCS(=O)(=O)C2)cc1. The van der Waals surface area contributed by atoms with E-state index in [2.05, 4.69) is 15.4 Å². The summed E-state index contributed by atoms with van der Waals surface area (Å²) in [4.78, 5) is 17.0. The monoisotopic (exact) mass is 451 g/mol. The van der Waals surface area contributed by atoms with Gasteiger partial charge >= 0.3 is 0 Å². The Kier molecular flexibility index (Phi) is 5.67. The molecular weight excluding hydrogens is 430 g/mol. The van der Waals surface area contributed by atoms with Gasteiger partial charge in [-0.05, 0) is 55.3 Å². The molecule has 0 aliphatic carbocycles. The molecule has 1 fully saturated rings. The molecule has 10 heteroatoms. The number of hydrogen-bond acceptors (Lipinski definition) is 7. The second-order valence-electron chi connectivity index (χ2n) is 7.58. The molecule has 4 rings (SSSR count). The summed E-state index contributed by atoms with van der Waals surface area (Å²) in [6, 6.07) is 10.3. The van der Waals surface area contributed by atoms with E-state index in [4.69, 9.17) is 4.74 Å². The first-order chi connectivity index (χ1) is 15.3. The van der Waals surface area contributed by atoms with Crippen molar-refractivity contribution in [2.24, 2.45) is 0 Å². The molecular formula is C22H21N5O4S. The number of anilines is 1. The van der Waals surface area contributed by atoms with Gasteiger partial charge in [-0.15, -0.1) is 0 Å². The molecule has 1 N–H and O–H groups in total. The Morgan fingerprint density at radius 1 is 1.34 bits per heavy atom. The van der Waals surface area contributed by atoms with E-state index in [-0.39, 0.29) is 23.1 Å². The number of nitrogens with one attached hydrogen (secondary N) is 1. The van der Waals surface area contributed by atoms with Crippen LogP contribution in [0.2, 0.25) is 0 Å². The van der Waals surface area contributed by atoms with E-state index < -0.39 is 15.7 Å². The second kappa shape index (κ2) is 8.43. The molecule has 1 saturated heterocycles. The molecule has 9 nitrogen and oxygen atoms in total. The fourth-order valence-electron chi connectivity index (χ4n) is 3.68.